The first-order valence-corrected chi connectivity index (χ1v) is 10.7. The molecule has 0 unspecified atom stereocenters. The minimum atomic E-state index is -0.570. The van der Waals surface area contributed by atoms with Crippen LogP contribution in [0, 0.1) is 17.0 Å². The molecular weight excluding hydrogens is 456 g/mol. The number of carbonyl (C=O) groups is 2. The molecule has 12 heteroatoms. The summed E-state index contributed by atoms with van der Waals surface area (Å²) < 4.78 is 1.67. The van der Waals surface area contributed by atoms with E-state index in [0.29, 0.717) is 16.5 Å². The highest BCUT2D eigenvalue weighted by Gasteiger charge is 2.15. The summed E-state index contributed by atoms with van der Waals surface area (Å²) in [7, 11) is 1.73. The van der Waals surface area contributed by atoms with E-state index in [1.54, 1.807) is 23.7 Å². The third-order valence-corrected chi connectivity index (χ3v) is 5.76. The molecule has 2 amide bonds. The summed E-state index contributed by atoms with van der Waals surface area (Å²) in [6.45, 7) is 2.12. The SMILES string of the molecule is Cc1ccc(C(=O)NCc2nnc(SCC(=O)Nc3cc([N+](=O)[O-])ccc3Cl)n2C)cc1. The first-order valence-electron chi connectivity index (χ1n) is 9.34. The Morgan fingerprint density at radius 2 is 1.91 bits per heavy atom. The van der Waals surface area contributed by atoms with Crippen LogP contribution in [-0.4, -0.2) is 37.3 Å². The van der Waals surface area contributed by atoms with Gasteiger partial charge in [-0.05, 0) is 25.1 Å². The van der Waals surface area contributed by atoms with Gasteiger partial charge in [0.15, 0.2) is 11.0 Å². The van der Waals surface area contributed by atoms with Crippen molar-refractivity contribution in [1.29, 1.82) is 0 Å². The summed E-state index contributed by atoms with van der Waals surface area (Å²) in [4.78, 5) is 34.8. The molecule has 0 atom stereocenters. The maximum absolute atomic E-state index is 12.3. The minimum Gasteiger partial charge on any atom is -0.345 e. The number of nitrogens with zero attached hydrogens (tertiary/aromatic N) is 4. The fraction of sp³-hybridized carbons (Fsp3) is 0.200. The number of aryl methyl sites for hydroxylation is 1. The average Bonchev–Trinajstić information content (AvgIpc) is 3.11. The molecule has 10 nitrogen and oxygen atoms in total. The second-order valence-electron chi connectivity index (χ2n) is 6.76. The number of non-ortho nitro benzene ring substituents is 1. The molecule has 2 N–H and O–H groups in total. The van der Waals surface area contributed by atoms with E-state index in [1.165, 1.54) is 18.2 Å². The Labute approximate surface area is 192 Å². The number of benzene rings is 2. The predicted molar refractivity (Wildman–Crippen MR) is 121 cm³/mol. The number of aromatic nitrogens is 3. The number of nitrogens with one attached hydrogen (secondary N) is 2. The monoisotopic (exact) mass is 474 g/mol. The van der Waals surface area contributed by atoms with Gasteiger partial charge < -0.3 is 15.2 Å². The molecule has 0 saturated heterocycles. The van der Waals surface area contributed by atoms with Crippen molar-refractivity contribution in [3.63, 3.8) is 0 Å². The zero-order chi connectivity index (χ0) is 23.3. The summed E-state index contributed by atoms with van der Waals surface area (Å²) in [5, 5.41) is 25.0. The van der Waals surface area contributed by atoms with Crippen LogP contribution < -0.4 is 10.6 Å². The van der Waals surface area contributed by atoms with Crippen molar-refractivity contribution in [2.45, 2.75) is 18.6 Å². The molecule has 1 aromatic heterocycles. The summed E-state index contributed by atoms with van der Waals surface area (Å²) in [5.74, 6) is -0.124. The summed E-state index contributed by atoms with van der Waals surface area (Å²) in [6, 6.07) is 11.0. The van der Waals surface area contributed by atoms with Crippen LogP contribution in [0.15, 0.2) is 47.6 Å². The molecule has 1 heterocycles. The number of thioether (sulfide) groups is 1. The zero-order valence-corrected chi connectivity index (χ0v) is 18.7. The van der Waals surface area contributed by atoms with Crippen LogP contribution in [0.3, 0.4) is 0 Å². The number of nitro benzene ring substituents is 1. The number of hydrogen-bond acceptors (Lipinski definition) is 7. The average molecular weight is 475 g/mol. The van der Waals surface area contributed by atoms with Gasteiger partial charge in [0, 0.05) is 24.7 Å². The largest absolute Gasteiger partial charge is 0.345 e. The van der Waals surface area contributed by atoms with Gasteiger partial charge in [0.25, 0.3) is 11.6 Å². The van der Waals surface area contributed by atoms with Crippen LogP contribution >= 0.6 is 23.4 Å². The lowest BCUT2D eigenvalue weighted by molar-refractivity contribution is -0.384. The Kier molecular flexibility index (Phi) is 7.44. The number of carbonyl (C=O) groups excluding carboxylic acids is 2. The Bertz CT molecular complexity index is 1170. The molecule has 0 aliphatic carbocycles. The fourth-order valence-electron chi connectivity index (χ4n) is 2.63. The van der Waals surface area contributed by atoms with Crippen LogP contribution in [-0.2, 0) is 18.4 Å². The van der Waals surface area contributed by atoms with Gasteiger partial charge >= 0.3 is 0 Å². The van der Waals surface area contributed by atoms with Crippen molar-refractivity contribution in [2.75, 3.05) is 11.1 Å². The number of anilines is 1. The van der Waals surface area contributed by atoms with Crippen LogP contribution in [0.4, 0.5) is 11.4 Å². The molecule has 166 valence electrons. The van der Waals surface area contributed by atoms with Gasteiger partial charge in [-0.15, -0.1) is 10.2 Å². The van der Waals surface area contributed by atoms with Gasteiger partial charge in [-0.1, -0.05) is 41.1 Å². The minimum absolute atomic E-state index is 0.0132. The topological polar surface area (TPSA) is 132 Å². The molecule has 3 aromatic rings. The van der Waals surface area contributed by atoms with E-state index in [0.717, 1.165) is 17.3 Å². The van der Waals surface area contributed by atoms with Crippen molar-refractivity contribution in [1.82, 2.24) is 20.1 Å². The molecular formula is C20H19ClN6O4S. The molecule has 0 aliphatic rings. The highest BCUT2D eigenvalue weighted by molar-refractivity contribution is 7.99. The van der Waals surface area contributed by atoms with Gasteiger partial charge in [-0.25, -0.2) is 0 Å². The van der Waals surface area contributed by atoms with E-state index in [2.05, 4.69) is 20.8 Å². The van der Waals surface area contributed by atoms with Crippen molar-refractivity contribution in [3.05, 3.63) is 74.6 Å². The number of rotatable bonds is 8. The maximum atomic E-state index is 12.3. The second-order valence-corrected chi connectivity index (χ2v) is 8.11. The molecule has 2 aromatic carbocycles. The summed E-state index contributed by atoms with van der Waals surface area (Å²) >= 11 is 7.13. The van der Waals surface area contributed by atoms with Gasteiger partial charge in [-0.3, -0.25) is 19.7 Å². The molecule has 3 rings (SSSR count). The second kappa shape index (κ2) is 10.2. The van der Waals surface area contributed by atoms with Crippen molar-refractivity contribution >= 4 is 46.6 Å². The number of halogens is 1. The summed E-state index contributed by atoms with van der Waals surface area (Å²) in [6.07, 6.45) is 0. The van der Waals surface area contributed by atoms with E-state index >= 15 is 0 Å². The third kappa shape index (κ3) is 5.83. The Hall–Kier alpha value is -3.44. The molecule has 0 saturated carbocycles. The molecule has 0 aliphatic heterocycles. The van der Waals surface area contributed by atoms with E-state index in [9.17, 15) is 19.7 Å². The van der Waals surface area contributed by atoms with Gasteiger partial charge in [0.05, 0.1) is 27.9 Å². The quantitative estimate of drug-likeness (QED) is 0.290. The predicted octanol–water partition coefficient (Wildman–Crippen LogP) is 3.35. The lowest BCUT2D eigenvalue weighted by Crippen LogP contribution is -2.24. The van der Waals surface area contributed by atoms with E-state index < -0.39 is 10.8 Å². The van der Waals surface area contributed by atoms with Crippen LogP contribution in [0.5, 0.6) is 0 Å². The third-order valence-electron chi connectivity index (χ3n) is 4.41. The number of hydrogen-bond donors (Lipinski definition) is 2. The van der Waals surface area contributed by atoms with Gasteiger partial charge in [0.1, 0.15) is 0 Å². The zero-order valence-electron chi connectivity index (χ0n) is 17.2. The van der Waals surface area contributed by atoms with Gasteiger partial charge in [-0.2, -0.15) is 0 Å². The standard InChI is InChI=1S/C20H19ClN6O4S/c1-12-3-5-13(6-4-12)19(29)22-10-17-24-25-20(26(17)2)32-11-18(28)23-16-9-14(27(30)31)7-8-15(16)21/h3-9H,10-11H2,1-2H3,(H,22,29)(H,23,28). The van der Waals surface area contributed by atoms with Crippen LogP contribution in [0.2, 0.25) is 5.02 Å². The summed E-state index contributed by atoms with van der Waals surface area (Å²) in [5.41, 5.74) is 1.59. The lowest BCUT2D eigenvalue weighted by Gasteiger charge is -2.08. The molecule has 0 bridgehead atoms. The highest BCUT2D eigenvalue weighted by Crippen LogP contribution is 2.27. The Morgan fingerprint density at radius 3 is 2.59 bits per heavy atom. The van der Waals surface area contributed by atoms with E-state index in [4.69, 9.17) is 11.6 Å². The van der Waals surface area contributed by atoms with Crippen molar-refractivity contribution in [3.8, 4) is 0 Å². The number of amides is 2. The van der Waals surface area contributed by atoms with Crippen molar-refractivity contribution in [2.24, 2.45) is 7.05 Å². The van der Waals surface area contributed by atoms with E-state index in [-0.39, 0.29) is 34.6 Å². The van der Waals surface area contributed by atoms with Crippen LogP contribution in [0.1, 0.15) is 21.7 Å². The Morgan fingerprint density at radius 1 is 1.19 bits per heavy atom. The van der Waals surface area contributed by atoms with Crippen molar-refractivity contribution < 1.29 is 14.5 Å². The number of nitro groups is 1. The molecule has 32 heavy (non-hydrogen) atoms. The molecule has 0 radical (unpaired) electrons. The van der Waals surface area contributed by atoms with Crippen LogP contribution in [0.25, 0.3) is 0 Å². The fourth-order valence-corrected chi connectivity index (χ4v) is 3.52. The Balaban J connectivity index is 1.55. The van der Waals surface area contributed by atoms with Gasteiger partial charge in [0.2, 0.25) is 5.91 Å². The maximum Gasteiger partial charge on any atom is 0.271 e. The lowest BCUT2D eigenvalue weighted by atomic mass is 10.1. The first kappa shape index (κ1) is 23.2. The molecule has 0 spiro atoms. The molecule has 0 fully saturated rings. The first-order chi connectivity index (χ1) is 15.2. The highest BCUT2D eigenvalue weighted by atomic mass is 35.5. The normalized spacial score (nSPS) is 10.6. The van der Waals surface area contributed by atoms with E-state index in [1.807, 2.05) is 19.1 Å². The smallest absolute Gasteiger partial charge is 0.271 e.